The van der Waals surface area contributed by atoms with Crippen LogP contribution in [0.25, 0.3) is 0 Å². The Hall–Kier alpha value is -1.77. The molecule has 0 radical (unpaired) electrons. The van der Waals surface area contributed by atoms with E-state index in [0.29, 0.717) is 0 Å². The highest BCUT2D eigenvalue weighted by Gasteiger charge is 1.83. The molecular weight excluding hydrogens is 178 g/mol. The second-order valence-electron chi connectivity index (χ2n) is 2.35. The summed E-state index contributed by atoms with van der Waals surface area (Å²) in [5.74, 6) is 0.463. The molecule has 1 amide bonds. The summed E-state index contributed by atoms with van der Waals surface area (Å²) in [4.78, 5) is 9.47. The van der Waals surface area contributed by atoms with Crippen molar-refractivity contribution in [1.82, 2.24) is 0 Å². The average molecular weight is 193 g/mol. The molecular formula is C11H15NO2. The van der Waals surface area contributed by atoms with E-state index in [1.165, 1.54) is 0 Å². The summed E-state index contributed by atoms with van der Waals surface area (Å²) in [6.07, 6.45) is 1.06. The molecule has 0 aliphatic rings. The molecule has 1 aromatic carbocycles. The number of hydrogen-bond acceptors (Lipinski definition) is 2. The van der Waals surface area contributed by atoms with E-state index in [4.69, 9.17) is 4.74 Å². The molecule has 0 aliphatic carbocycles. The van der Waals surface area contributed by atoms with Crippen LogP contribution < -0.4 is 10.5 Å². The van der Waals surface area contributed by atoms with E-state index in [0.717, 1.165) is 18.4 Å². The number of ether oxygens (including phenoxy) is 1. The first-order valence-electron chi connectivity index (χ1n) is 4.30. The van der Waals surface area contributed by atoms with Crippen LogP contribution in [0.4, 0.5) is 0 Å². The van der Waals surface area contributed by atoms with Gasteiger partial charge in [-0.15, -0.1) is 0 Å². The molecule has 0 unspecified atom stereocenters. The third-order valence-corrected chi connectivity index (χ3v) is 1.26. The summed E-state index contributed by atoms with van der Waals surface area (Å²) in [5, 5.41) is 0. The third-order valence-electron chi connectivity index (χ3n) is 1.26. The second kappa shape index (κ2) is 7.86. The molecule has 0 aromatic heterocycles. The Bertz CT molecular complexity index is 270. The van der Waals surface area contributed by atoms with Gasteiger partial charge in [-0.1, -0.05) is 24.8 Å². The zero-order chi connectivity index (χ0) is 10.8. The molecule has 3 heteroatoms. The zero-order valence-electron chi connectivity index (χ0n) is 8.27. The summed E-state index contributed by atoms with van der Waals surface area (Å²) in [7, 11) is 0. The van der Waals surface area contributed by atoms with Crippen molar-refractivity contribution >= 4 is 5.91 Å². The highest BCUT2D eigenvalue weighted by atomic mass is 16.5. The molecule has 0 heterocycles. The Labute approximate surface area is 84.2 Å². The van der Waals surface area contributed by atoms with E-state index in [-0.39, 0.29) is 0 Å². The van der Waals surface area contributed by atoms with Gasteiger partial charge in [-0.25, -0.2) is 0 Å². The highest BCUT2D eigenvalue weighted by Crippen LogP contribution is 2.06. The zero-order valence-corrected chi connectivity index (χ0v) is 8.27. The fourth-order valence-electron chi connectivity index (χ4n) is 0.683. The third kappa shape index (κ3) is 6.91. The van der Waals surface area contributed by atoms with E-state index < -0.39 is 5.91 Å². The predicted octanol–water partition coefficient (Wildman–Crippen LogP) is 1.74. The van der Waals surface area contributed by atoms with Crippen molar-refractivity contribution in [3.8, 4) is 5.75 Å². The van der Waals surface area contributed by atoms with Gasteiger partial charge in [0.25, 0.3) is 0 Å². The number of benzene rings is 1. The van der Waals surface area contributed by atoms with E-state index in [1.54, 1.807) is 0 Å². The largest absolute Gasteiger partial charge is 0.494 e. The van der Waals surface area contributed by atoms with Gasteiger partial charge in [0.1, 0.15) is 5.75 Å². The molecule has 1 aromatic rings. The number of carbonyl (C=O) groups is 1. The van der Waals surface area contributed by atoms with Gasteiger partial charge in [0, 0.05) is 0 Å². The maximum atomic E-state index is 9.47. The van der Waals surface area contributed by atoms with Gasteiger partial charge in [-0.05, 0) is 25.1 Å². The molecule has 0 aliphatic heterocycles. The second-order valence-corrected chi connectivity index (χ2v) is 2.35. The van der Waals surface area contributed by atoms with Gasteiger partial charge >= 0.3 is 0 Å². The lowest BCUT2D eigenvalue weighted by Gasteiger charge is -1.99. The Morgan fingerprint density at radius 3 is 2.36 bits per heavy atom. The highest BCUT2D eigenvalue weighted by molar-refractivity contribution is 5.84. The lowest BCUT2D eigenvalue weighted by Crippen LogP contribution is -2.04. The van der Waals surface area contributed by atoms with Crippen LogP contribution in [0.1, 0.15) is 6.92 Å². The molecule has 1 rings (SSSR count). The molecule has 3 nitrogen and oxygen atoms in total. The minimum atomic E-state index is -0.481. The van der Waals surface area contributed by atoms with Gasteiger partial charge in [0.15, 0.2) is 0 Å². The standard InChI is InChI=1S/C8H10O.C3H5NO/c1-2-9-8-6-4-3-5-7-8;1-2-3(4)5/h3-7H,2H2,1H3;2H,1H2,(H2,4,5). The summed E-state index contributed by atoms with van der Waals surface area (Å²) >= 11 is 0. The Balaban J connectivity index is 0.000000292. The average Bonchev–Trinajstić information content (AvgIpc) is 2.21. The van der Waals surface area contributed by atoms with Crippen molar-refractivity contribution in [3.63, 3.8) is 0 Å². The smallest absolute Gasteiger partial charge is 0.240 e. The number of nitrogens with two attached hydrogens (primary N) is 1. The van der Waals surface area contributed by atoms with Crippen LogP contribution in [0.2, 0.25) is 0 Å². The molecule has 0 fully saturated rings. The van der Waals surface area contributed by atoms with E-state index in [1.807, 2.05) is 37.3 Å². The first kappa shape index (κ1) is 12.2. The predicted molar refractivity (Wildman–Crippen MR) is 57.0 cm³/mol. The lowest BCUT2D eigenvalue weighted by molar-refractivity contribution is -0.113. The van der Waals surface area contributed by atoms with Crippen LogP contribution in [0, 0.1) is 0 Å². The van der Waals surface area contributed by atoms with Crippen LogP contribution >= 0.6 is 0 Å². The summed E-state index contributed by atoms with van der Waals surface area (Å²) in [5.41, 5.74) is 4.53. The molecule has 14 heavy (non-hydrogen) atoms. The van der Waals surface area contributed by atoms with Crippen molar-refractivity contribution in [2.45, 2.75) is 6.92 Å². The van der Waals surface area contributed by atoms with Crippen LogP contribution in [0.5, 0.6) is 5.75 Å². The normalized spacial score (nSPS) is 8.07. The number of carbonyl (C=O) groups excluding carboxylic acids is 1. The Morgan fingerprint density at radius 1 is 1.50 bits per heavy atom. The minimum absolute atomic E-state index is 0.481. The van der Waals surface area contributed by atoms with Gasteiger partial charge in [0.05, 0.1) is 6.61 Å². The Kier molecular flexibility index (Phi) is 6.86. The fourth-order valence-corrected chi connectivity index (χ4v) is 0.683. The SMILES string of the molecule is C=CC(N)=O.CCOc1ccccc1. The fraction of sp³-hybridized carbons (Fsp3) is 0.182. The maximum Gasteiger partial charge on any atom is 0.240 e. The molecule has 0 atom stereocenters. The molecule has 76 valence electrons. The first-order valence-corrected chi connectivity index (χ1v) is 4.30. The molecule has 0 bridgehead atoms. The van der Waals surface area contributed by atoms with Gasteiger partial charge in [-0.3, -0.25) is 4.79 Å². The molecule has 0 saturated heterocycles. The Morgan fingerprint density at radius 2 is 2.00 bits per heavy atom. The van der Waals surface area contributed by atoms with Crippen molar-refractivity contribution in [3.05, 3.63) is 43.0 Å². The van der Waals surface area contributed by atoms with Gasteiger partial charge < -0.3 is 10.5 Å². The number of amides is 1. The number of primary amides is 1. The van der Waals surface area contributed by atoms with Crippen LogP contribution in [-0.2, 0) is 4.79 Å². The van der Waals surface area contributed by atoms with E-state index in [2.05, 4.69) is 12.3 Å². The van der Waals surface area contributed by atoms with Gasteiger partial charge in [0.2, 0.25) is 5.91 Å². The lowest BCUT2D eigenvalue weighted by atomic mass is 10.3. The van der Waals surface area contributed by atoms with Gasteiger partial charge in [-0.2, -0.15) is 0 Å². The number of rotatable bonds is 3. The monoisotopic (exact) mass is 193 g/mol. The number of para-hydroxylation sites is 1. The van der Waals surface area contributed by atoms with Crippen LogP contribution in [-0.4, -0.2) is 12.5 Å². The summed E-state index contributed by atoms with van der Waals surface area (Å²) in [6, 6.07) is 9.80. The quantitative estimate of drug-likeness (QED) is 0.743. The van der Waals surface area contributed by atoms with Crippen molar-refractivity contribution in [1.29, 1.82) is 0 Å². The van der Waals surface area contributed by atoms with E-state index >= 15 is 0 Å². The molecule has 0 spiro atoms. The topological polar surface area (TPSA) is 52.3 Å². The van der Waals surface area contributed by atoms with Crippen molar-refractivity contribution in [2.24, 2.45) is 5.73 Å². The first-order chi connectivity index (χ1) is 6.70. The van der Waals surface area contributed by atoms with E-state index in [9.17, 15) is 4.79 Å². The molecule has 2 N–H and O–H groups in total. The van der Waals surface area contributed by atoms with Crippen LogP contribution in [0.3, 0.4) is 0 Å². The minimum Gasteiger partial charge on any atom is -0.494 e. The van der Waals surface area contributed by atoms with Crippen molar-refractivity contribution in [2.75, 3.05) is 6.61 Å². The summed E-state index contributed by atoms with van der Waals surface area (Å²) < 4.78 is 5.21. The molecule has 0 saturated carbocycles. The maximum absolute atomic E-state index is 9.47. The summed E-state index contributed by atoms with van der Waals surface area (Å²) in [6.45, 7) is 5.80. The van der Waals surface area contributed by atoms with Crippen LogP contribution in [0.15, 0.2) is 43.0 Å². The number of hydrogen-bond donors (Lipinski definition) is 1. The van der Waals surface area contributed by atoms with Crippen molar-refractivity contribution < 1.29 is 9.53 Å².